The summed E-state index contributed by atoms with van der Waals surface area (Å²) in [5.74, 6) is -3.47. The number of nitrogens with one attached hydrogen (secondary N) is 1. The van der Waals surface area contributed by atoms with Crippen LogP contribution in [0.5, 0.6) is 0 Å². The lowest BCUT2D eigenvalue weighted by Crippen LogP contribution is -2.48. The zero-order valence-electron chi connectivity index (χ0n) is 24.8. The fraction of sp³-hybridized carbons (Fsp3) is 0.364. The number of rotatable bonds is 9. The van der Waals surface area contributed by atoms with Gasteiger partial charge in [-0.1, -0.05) is 55.5 Å². The number of aliphatic hydroxyl groups excluding tert-OH is 1. The lowest BCUT2D eigenvalue weighted by molar-refractivity contribution is -0.268. The first-order chi connectivity index (χ1) is 22.0. The quantitative estimate of drug-likeness (QED) is 0.241. The molecule has 2 heterocycles. The highest BCUT2D eigenvalue weighted by Crippen LogP contribution is 2.43. The van der Waals surface area contributed by atoms with Crippen LogP contribution in [-0.2, 0) is 25.7 Å². The first kappa shape index (κ1) is 33.5. The highest BCUT2D eigenvalue weighted by atomic mass is 32.2. The summed E-state index contributed by atoms with van der Waals surface area (Å²) in [6.45, 7) is 1.74. The van der Waals surface area contributed by atoms with Crippen LogP contribution >= 0.6 is 11.8 Å². The van der Waals surface area contributed by atoms with Gasteiger partial charge in [-0.2, -0.15) is 13.2 Å². The molecule has 2 amide bonds. The molecule has 5 rings (SSSR count). The molecule has 3 N–H and O–H groups in total. The molecule has 244 valence electrons. The molecule has 2 aliphatic heterocycles. The maximum Gasteiger partial charge on any atom is 0.471 e. The number of likely N-dealkylation sites (tertiary alicyclic amines) is 1. The average molecular weight is 659 g/mol. The van der Waals surface area contributed by atoms with Gasteiger partial charge < -0.3 is 29.9 Å². The van der Waals surface area contributed by atoms with E-state index < -0.39 is 42.4 Å². The van der Waals surface area contributed by atoms with Crippen LogP contribution in [0.15, 0.2) is 77.7 Å². The number of thioether (sulfide) groups is 1. The van der Waals surface area contributed by atoms with Crippen molar-refractivity contribution in [1.29, 1.82) is 0 Å². The Kier molecular flexibility index (Phi) is 10.4. The van der Waals surface area contributed by atoms with Crippen LogP contribution in [-0.4, -0.2) is 63.5 Å². The molecule has 2 saturated heterocycles. The number of halogens is 3. The number of amides is 2. The lowest BCUT2D eigenvalue weighted by Gasteiger charge is -2.41. The molecule has 9 nitrogen and oxygen atoms in total. The van der Waals surface area contributed by atoms with Crippen molar-refractivity contribution >= 4 is 35.2 Å². The fourth-order valence-corrected chi connectivity index (χ4v) is 6.86. The Morgan fingerprint density at radius 3 is 2.30 bits per heavy atom. The highest BCUT2D eigenvalue weighted by molar-refractivity contribution is 7.99. The summed E-state index contributed by atoms with van der Waals surface area (Å²) in [7, 11) is 0. The van der Waals surface area contributed by atoms with Gasteiger partial charge in [0.15, 0.2) is 6.29 Å². The molecule has 0 aliphatic carbocycles. The Morgan fingerprint density at radius 1 is 0.978 bits per heavy atom. The maximum absolute atomic E-state index is 13.0. The molecule has 5 atom stereocenters. The summed E-state index contributed by atoms with van der Waals surface area (Å²) < 4.78 is 51.9. The van der Waals surface area contributed by atoms with E-state index in [2.05, 4.69) is 5.32 Å². The number of carbonyl (C=O) groups excluding carboxylic acids is 2. The first-order valence-corrected chi connectivity index (χ1v) is 15.7. The molecule has 13 heteroatoms. The van der Waals surface area contributed by atoms with Crippen molar-refractivity contribution in [3.63, 3.8) is 0 Å². The van der Waals surface area contributed by atoms with E-state index in [1.54, 1.807) is 48.5 Å². The number of carbonyl (C=O) groups is 3. The SMILES string of the molecule is C[C@H]1[C@@H](CSc2ccccc2C(=O)O)O[C@@H](c2ccc(NC(=O)[C@@H]3CCCN3C(=O)C(F)(F)F)cc2)O[C@H]1c1ccc(CO)cc1. The van der Waals surface area contributed by atoms with Crippen molar-refractivity contribution in [3.8, 4) is 0 Å². The van der Waals surface area contributed by atoms with Crippen LogP contribution in [0.1, 0.15) is 59.2 Å². The Hall–Kier alpha value is -3.91. The molecule has 0 spiro atoms. The number of aliphatic hydroxyl groups is 1. The van der Waals surface area contributed by atoms with Gasteiger partial charge in [0.25, 0.3) is 0 Å². The first-order valence-electron chi connectivity index (χ1n) is 14.7. The molecular weight excluding hydrogens is 625 g/mol. The summed E-state index contributed by atoms with van der Waals surface area (Å²) in [4.78, 5) is 37.6. The van der Waals surface area contributed by atoms with Crippen molar-refractivity contribution in [1.82, 2.24) is 4.90 Å². The van der Waals surface area contributed by atoms with E-state index in [9.17, 15) is 37.8 Å². The summed E-state index contributed by atoms with van der Waals surface area (Å²) in [5.41, 5.74) is 2.77. The van der Waals surface area contributed by atoms with Crippen molar-refractivity contribution in [2.45, 2.75) is 62.0 Å². The number of nitrogens with zero attached hydrogens (tertiary/aromatic N) is 1. The second-order valence-corrected chi connectivity index (χ2v) is 12.3. The predicted molar refractivity (Wildman–Crippen MR) is 163 cm³/mol. The molecule has 0 radical (unpaired) electrons. The van der Waals surface area contributed by atoms with Gasteiger partial charge in [0.2, 0.25) is 5.91 Å². The lowest BCUT2D eigenvalue weighted by atomic mass is 9.91. The van der Waals surface area contributed by atoms with Crippen molar-refractivity contribution in [3.05, 3.63) is 95.1 Å². The van der Waals surface area contributed by atoms with Gasteiger partial charge in [-0.15, -0.1) is 11.8 Å². The van der Waals surface area contributed by atoms with E-state index in [0.717, 1.165) is 11.1 Å². The number of hydrogen-bond donors (Lipinski definition) is 3. The van der Waals surface area contributed by atoms with Crippen LogP contribution in [0.25, 0.3) is 0 Å². The second-order valence-electron chi connectivity index (χ2n) is 11.2. The molecule has 0 aromatic heterocycles. The number of carboxylic acid groups (broad SMARTS) is 1. The van der Waals surface area contributed by atoms with E-state index in [1.165, 1.54) is 11.8 Å². The van der Waals surface area contributed by atoms with Crippen LogP contribution in [0.4, 0.5) is 18.9 Å². The normalized spacial score (nSPS) is 23.2. The minimum Gasteiger partial charge on any atom is -0.478 e. The largest absolute Gasteiger partial charge is 0.478 e. The fourth-order valence-electron chi connectivity index (χ4n) is 5.65. The summed E-state index contributed by atoms with van der Waals surface area (Å²) in [5, 5.41) is 21.7. The van der Waals surface area contributed by atoms with Gasteiger partial charge in [0.1, 0.15) is 6.04 Å². The van der Waals surface area contributed by atoms with Gasteiger partial charge in [0, 0.05) is 34.4 Å². The maximum atomic E-state index is 13.0. The molecule has 0 unspecified atom stereocenters. The number of alkyl halides is 3. The molecule has 0 saturated carbocycles. The van der Waals surface area contributed by atoms with Crippen LogP contribution in [0.3, 0.4) is 0 Å². The van der Waals surface area contributed by atoms with Crippen molar-refractivity contribution in [2.75, 3.05) is 17.6 Å². The Bertz CT molecular complexity index is 1550. The molecule has 2 fully saturated rings. The highest BCUT2D eigenvalue weighted by Gasteiger charge is 2.47. The van der Waals surface area contributed by atoms with E-state index in [4.69, 9.17) is 9.47 Å². The zero-order valence-corrected chi connectivity index (χ0v) is 25.6. The third kappa shape index (κ3) is 7.55. The van der Waals surface area contributed by atoms with Crippen LogP contribution < -0.4 is 5.32 Å². The van der Waals surface area contributed by atoms with E-state index in [0.29, 0.717) is 33.2 Å². The predicted octanol–water partition coefficient (Wildman–Crippen LogP) is 5.95. The number of benzene rings is 3. The summed E-state index contributed by atoms with van der Waals surface area (Å²) in [6.07, 6.45) is -6.25. The van der Waals surface area contributed by atoms with E-state index in [1.807, 2.05) is 31.2 Å². The third-order valence-corrected chi connectivity index (χ3v) is 9.32. The summed E-state index contributed by atoms with van der Waals surface area (Å²) in [6, 6.07) is 19.4. The Morgan fingerprint density at radius 2 is 1.65 bits per heavy atom. The van der Waals surface area contributed by atoms with Crippen molar-refractivity contribution in [2.24, 2.45) is 5.92 Å². The van der Waals surface area contributed by atoms with E-state index in [-0.39, 0.29) is 37.2 Å². The summed E-state index contributed by atoms with van der Waals surface area (Å²) >= 11 is 1.37. The van der Waals surface area contributed by atoms with Crippen LogP contribution in [0, 0.1) is 5.92 Å². The number of ether oxygens (including phenoxy) is 2. The number of carboxylic acids is 1. The molecule has 3 aromatic carbocycles. The Labute approximate surface area is 267 Å². The molecule has 3 aromatic rings. The number of aromatic carboxylic acids is 1. The minimum atomic E-state index is -5.06. The van der Waals surface area contributed by atoms with Gasteiger partial charge in [0.05, 0.1) is 24.4 Å². The van der Waals surface area contributed by atoms with Gasteiger partial charge in [-0.25, -0.2) is 4.79 Å². The standard InChI is InChI=1S/C33H33F3N2O7S/c1-19-26(18-46-27-7-3-2-5-24(27)30(41)42)44-31(45-28(19)21-10-8-20(17-39)9-11-21)22-12-14-23(15-13-22)37-29(40)25-6-4-16-38(25)32(43)33(34,35)36/h2-3,5,7-15,19,25-26,28,31,39H,4,6,16-18H2,1H3,(H,37,40)(H,41,42)/t19-,25-,26+,28+,31+/m0/s1. The molecule has 0 bridgehead atoms. The number of anilines is 1. The smallest absolute Gasteiger partial charge is 0.471 e. The van der Waals surface area contributed by atoms with Gasteiger partial charge in [-0.3, -0.25) is 9.59 Å². The molecule has 46 heavy (non-hydrogen) atoms. The average Bonchev–Trinajstić information content (AvgIpc) is 3.54. The van der Waals surface area contributed by atoms with Gasteiger partial charge >= 0.3 is 18.1 Å². The van der Waals surface area contributed by atoms with Crippen molar-refractivity contribution < 1.29 is 47.2 Å². The topological polar surface area (TPSA) is 125 Å². The minimum absolute atomic E-state index is 0.102. The zero-order chi connectivity index (χ0) is 33.0. The molecular formula is C33H33F3N2O7S. The molecule has 2 aliphatic rings. The van der Waals surface area contributed by atoms with Crippen LogP contribution in [0.2, 0.25) is 0 Å². The van der Waals surface area contributed by atoms with E-state index >= 15 is 0 Å². The third-order valence-electron chi connectivity index (χ3n) is 8.15. The monoisotopic (exact) mass is 658 g/mol. The number of hydrogen-bond acceptors (Lipinski definition) is 7. The Balaban J connectivity index is 1.33. The second kappa shape index (κ2) is 14.2. The van der Waals surface area contributed by atoms with Gasteiger partial charge in [-0.05, 0) is 48.2 Å².